The van der Waals surface area contributed by atoms with Crippen LogP contribution in [-0.2, 0) is 39.0 Å². The van der Waals surface area contributed by atoms with Crippen LogP contribution in [0.5, 0.6) is 0 Å². The minimum atomic E-state index is -4.20. The van der Waals surface area contributed by atoms with E-state index in [9.17, 15) is 18.0 Å². The molecule has 0 aliphatic rings. The van der Waals surface area contributed by atoms with Crippen LogP contribution in [0.25, 0.3) is 0 Å². The highest BCUT2D eigenvalue weighted by Gasteiger charge is 2.36. The number of carbonyl (C=O) groups is 2. The zero-order valence-electron chi connectivity index (χ0n) is 26.2. The van der Waals surface area contributed by atoms with Crippen LogP contribution in [-0.4, -0.2) is 43.8 Å². The number of nitrogens with zero attached hydrogens (tertiary/aromatic N) is 2. The smallest absolute Gasteiger partial charge is 0.264 e. The number of sulfonamides is 1. The molecule has 0 radical (unpaired) electrons. The number of rotatable bonds is 14. The van der Waals surface area contributed by atoms with Crippen molar-refractivity contribution in [3.8, 4) is 0 Å². The molecule has 46 heavy (non-hydrogen) atoms. The average molecular weight is 681 g/mol. The maximum absolute atomic E-state index is 14.7. The Morgan fingerprint density at radius 3 is 2.00 bits per heavy atom. The van der Waals surface area contributed by atoms with Gasteiger partial charge in [0.25, 0.3) is 10.0 Å². The molecule has 2 atom stereocenters. The van der Waals surface area contributed by atoms with Crippen LogP contribution in [0.1, 0.15) is 43.9 Å². The summed E-state index contributed by atoms with van der Waals surface area (Å²) in [5.41, 5.74) is 2.44. The third kappa shape index (κ3) is 8.49. The highest BCUT2D eigenvalue weighted by atomic mass is 35.5. The second kappa shape index (κ2) is 16.1. The Bertz CT molecular complexity index is 1720. The van der Waals surface area contributed by atoms with Crippen LogP contribution in [0.3, 0.4) is 0 Å². The van der Waals surface area contributed by atoms with Gasteiger partial charge in [-0.05, 0) is 61.2 Å². The number of halogens is 2. The fraction of sp³-hybridized carbons (Fsp3) is 0.278. The summed E-state index contributed by atoms with van der Waals surface area (Å²) in [7, 11) is -4.20. The summed E-state index contributed by atoms with van der Waals surface area (Å²) in [5, 5.41) is 3.69. The monoisotopic (exact) mass is 679 g/mol. The summed E-state index contributed by atoms with van der Waals surface area (Å²) >= 11 is 13.2. The Labute approximate surface area is 282 Å². The second-order valence-corrected chi connectivity index (χ2v) is 13.7. The topological polar surface area (TPSA) is 86.8 Å². The van der Waals surface area contributed by atoms with Crippen molar-refractivity contribution < 1.29 is 18.0 Å². The van der Waals surface area contributed by atoms with Gasteiger partial charge in [0.1, 0.15) is 12.6 Å². The molecule has 0 unspecified atom stereocenters. The van der Waals surface area contributed by atoms with Crippen LogP contribution in [0.4, 0.5) is 5.69 Å². The third-order valence-corrected chi connectivity index (χ3v) is 10.4. The SMILES string of the molecule is CCc1ccccc1N(CC(=O)N(Cc1c(Cl)cccc1Cl)[C@@H](Cc1ccccc1)C(=O)N[C@H](C)CC)S(=O)(=O)c1ccccc1. The molecular weight excluding hydrogens is 641 g/mol. The van der Waals surface area contributed by atoms with E-state index in [4.69, 9.17) is 23.2 Å². The summed E-state index contributed by atoms with van der Waals surface area (Å²) in [6.45, 7) is 5.11. The molecular formula is C36H39Cl2N3O4S. The average Bonchev–Trinajstić information content (AvgIpc) is 3.06. The Morgan fingerprint density at radius 1 is 0.804 bits per heavy atom. The van der Waals surface area contributed by atoms with Crippen LogP contribution >= 0.6 is 23.2 Å². The van der Waals surface area contributed by atoms with Gasteiger partial charge in [-0.15, -0.1) is 0 Å². The lowest BCUT2D eigenvalue weighted by atomic mass is 10.0. The lowest BCUT2D eigenvalue weighted by Gasteiger charge is -2.35. The van der Waals surface area contributed by atoms with E-state index in [1.807, 2.05) is 63.2 Å². The molecule has 0 spiro atoms. The number of benzene rings is 4. The molecule has 242 valence electrons. The van der Waals surface area contributed by atoms with Gasteiger partial charge >= 0.3 is 0 Å². The van der Waals surface area contributed by atoms with Gasteiger partial charge in [0.15, 0.2) is 0 Å². The van der Waals surface area contributed by atoms with Gasteiger partial charge in [-0.1, -0.05) is 110 Å². The van der Waals surface area contributed by atoms with Crippen LogP contribution in [0.15, 0.2) is 108 Å². The first-order valence-electron chi connectivity index (χ1n) is 15.3. The molecule has 2 amide bonds. The van der Waals surface area contributed by atoms with Gasteiger partial charge in [0.2, 0.25) is 11.8 Å². The minimum Gasteiger partial charge on any atom is -0.352 e. The second-order valence-electron chi connectivity index (χ2n) is 11.1. The quantitative estimate of drug-likeness (QED) is 0.151. The van der Waals surface area contributed by atoms with E-state index >= 15 is 0 Å². The number of nitrogens with one attached hydrogen (secondary N) is 1. The first-order chi connectivity index (χ1) is 22.1. The molecule has 1 N–H and O–H groups in total. The number of anilines is 1. The summed E-state index contributed by atoms with van der Waals surface area (Å²) in [6.07, 6.45) is 1.41. The van der Waals surface area contributed by atoms with Crippen molar-refractivity contribution in [3.05, 3.63) is 130 Å². The highest BCUT2D eigenvalue weighted by Crippen LogP contribution is 2.30. The van der Waals surface area contributed by atoms with Crippen molar-refractivity contribution in [2.75, 3.05) is 10.8 Å². The number of amides is 2. The lowest BCUT2D eigenvalue weighted by molar-refractivity contribution is -0.140. The van der Waals surface area contributed by atoms with E-state index in [0.29, 0.717) is 34.1 Å². The van der Waals surface area contributed by atoms with Crippen molar-refractivity contribution >= 4 is 50.7 Å². The number of hydrogen-bond acceptors (Lipinski definition) is 4. The molecule has 4 aromatic carbocycles. The normalized spacial score (nSPS) is 12.6. The molecule has 4 rings (SSSR count). The summed E-state index contributed by atoms with van der Waals surface area (Å²) < 4.78 is 29.6. The molecule has 10 heteroatoms. The van der Waals surface area contributed by atoms with Crippen LogP contribution in [0, 0.1) is 0 Å². The van der Waals surface area contributed by atoms with E-state index in [0.717, 1.165) is 15.4 Å². The van der Waals surface area contributed by atoms with Gasteiger partial charge in [0.05, 0.1) is 10.6 Å². The Kier molecular flexibility index (Phi) is 12.3. The molecule has 0 aromatic heterocycles. The predicted octanol–water partition coefficient (Wildman–Crippen LogP) is 7.31. The minimum absolute atomic E-state index is 0.0461. The van der Waals surface area contributed by atoms with Crippen molar-refractivity contribution in [1.29, 1.82) is 0 Å². The zero-order chi connectivity index (χ0) is 33.3. The summed E-state index contributed by atoms with van der Waals surface area (Å²) in [6, 6.07) is 28.4. The maximum Gasteiger partial charge on any atom is 0.264 e. The predicted molar refractivity (Wildman–Crippen MR) is 186 cm³/mol. The molecule has 0 aliphatic heterocycles. The molecule has 0 saturated heterocycles. The lowest BCUT2D eigenvalue weighted by Crippen LogP contribution is -2.54. The van der Waals surface area contributed by atoms with Crippen LogP contribution in [0.2, 0.25) is 10.0 Å². The Hall–Kier alpha value is -3.85. The van der Waals surface area contributed by atoms with E-state index < -0.39 is 28.5 Å². The van der Waals surface area contributed by atoms with Gasteiger partial charge in [-0.25, -0.2) is 8.42 Å². The first kappa shape index (κ1) is 35.0. The fourth-order valence-corrected chi connectivity index (χ4v) is 7.12. The van der Waals surface area contributed by atoms with Crippen molar-refractivity contribution in [3.63, 3.8) is 0 Å². The molecule has 0 heterocycles. The summed E-state index contributed by atoms with van der Waals surface area (Å²) in [5.74, 6) is -0.942. The highest BCUT2D eigenvalue weighted by molar-refractivity contribution is 7.92. The van der Waals surface area contributed by atoms with Crippen LogP contribution < -0.4 is 9.62 Å². The van der Waals surface area contributed by atoms with Crippen molar-refractivity contribution in [1.82, 2.24) is 10.2 Å². The van der Waals surface area contributed by atoms with Gasteiger partial charge in [-0.2, -0.15) is 0 Å². The largest absolute Gasteiger partial charge is 0.352 e. The Morgan fingerprint density at radius 2 is 1.39 bits per heavy atom. The maximum atomic E-state index is 14.7. The molecule has 0 aliphatic carbocycles. The number of aryl methyl sites for hydroxylation is 1. The number of hydrogen-bond donors (Lipinski definition) is 1. The molecule has 0 bridgehead atoms. The number of para-hydroxylation sites is 1. The van der Waals surface area contributed by atoms with Gasteiger partial charge < -0.3 is 10.2 Å². The van der Waals surface area contributed by atoms with Gasteiger partial charge in [-0.3, -0.25) is 13.9 Å². The first-order valence-corrected chi connectivity index (χ1v) is 17.5. The fourth-order valence-electron chi connectivity index (χ4n) is 5.13. The standard InChI is InChI=1S/C36H39Cl2N3O4S/c1-4-26(3)39-36(43)34(23-27-15-8-6-9-16-27)40(24-30-31(37)20-14-21-32(30)38)35(42)25-41(33-22-13-12-17-28(33)5-2)46(44,45)29-18-10-7-11-19-29/h6-22,26,34H,4-5,23-25H2,1-3H3,(H,39,43)/t26-,34+/m1/s1. The number of carbonyl (C=O) groups excluding carboxylic acids is 2. The molecule has 0 saturated carbocycles. The van der Waals surface area contributed by atoms with E-state index in [-0.39, 0.29) is 29.8 Å². The Balaban J connectivity index is 1.86. The summed E-state index contributed by atoms with van der Waals surface area (Å²) in [4.78, 5) is 30.1. The zero-order valence-corrected chi connectivity index (χ0v) is 28.5. The van der Waals surface area contributed by atoms with E-state index in [1.54, 1.807) is 48.5 Å². The van der Waals surface area contributed by atoms with E-state index in [1.165, 1.54) is 17.0 Å². The van der Waals surface area contributed by atoms with Crippen molar-refractivity contribution in [2.45, 2.75) is 63.6 Å². The molecule has 4 aromatic rings. The molecule has 7 nitrogen and oxygen atoms in total. The molecule has 0 fully saturated rings. The van der Waals surface area contributed by atoms with Crippen molar-refractivity contribution in [2.24, 2.45) is 0 Å². The van der Waals surface area contributed by atoms with Gasteiger partial charge in [0, 0.05) is 34.6 Å². The third-order valence-electron chi connectivity index (χ3n) is 7.91. The van der Waals surface area contributed by atoms with E-state index in [2.05, 4.69) is 5.32 Å².